The third kappa shape index (κ3) is 4.35. The fourth-order valence-electron chi connectivity index (χ4n) is 3.05. The van der Waals surface area contributed by atoms with E-state index >= 15 is 0 Å². The zero-order chi connectivity index (χ0) is 22.7. The summed E-state index contributed by atoms with van der Waals surface area (Å²) in [6.07, 6.45) is 6.19. The number of benzene rings is 1. The van der Waals surface area contributed by atoms with Crippen LogP contribution in [0.3, 0.4) is 0 Å². The standard InChI is InChI=1S/C20H14ClF2N7O2/c21-12-3-4-16(32-20(22)23)13(9-12)17-15(11-29(28-17)7-1-5-24)27-19(31)14-10-26-30-8-2-6-25-18(14)30/h2-4,6,8-11,20H,1,7H2,(H,27,31). The van der Waals surface area contributed by atoms with Crippen LogP contribution in [0.1, 0.15) is 16.8 Å². The van der Waals surface area contributed by atoms with E-state index < -0.39 is 12.5 Å². The van der Waals surface area contributed by atoms with Gasteiger partial charge in [-0.25, -0.2) is 9.50 Å². The highest BCUT2D eigenvalue weighted by Gasteiger charge is 2.22. The highest BCUT2D eigenvalue weighted by molar-refractivity contribution is 6.31. The predicted molar refractivity (Wildman–Crippen MR) is 110 cm³/mol. The molecule has 3 aromatic heterocycles. The molecule has 0 atom stereocenters. The number of rotatable bonds is 7. The molecule has 1 amide bonds. The maximum absolute atomic E-state index is 13.0. The van der Waals surface area contributed by atoms with E-state index in [9.17, 15) is 13.6 Å². The van der Waals surface area contributed by atoms with E-state index in [1.165, 1.54) is 46.0 Å². The molecule has 0 unspecified atom stereocenters. The van der Waals surface area contributed by atoms with Crippen LogP contribution in [0.15, 0.2) is 49.1 Å². The first-order chi connectivity index (χ1) is 15.5. The first-order valence-corrected chi connectivity index (χ1v) is 9.63. The Labute approximate surface area is 184 Å². The number of hydrogen-bond acceptors (Lipinski definition) is 6. The van der Waals surface area contributed by atoms with Gasteiger partial charge in [-0.15, -0.1) is 0 Å². The van der Waals surface area contributed by atoms with Gasteiger partial charge in [0.25, 0.3) is 5.91 Å². The third-order valence-corrected chi connectivity index (χ3v) is 4.63. The molecule has 4 aromatic rings. The number of hydrogen-bond donors (Lipinski definition) is 1. The largest absolute Gasteiger partial charge is 0.434 e. The van der Waals surface area contributed by atoms with Gasteiger partial charge >= 0.3 is 6.61 Å². The summed E-state index contributed by atoms with van der Waals surface area (Å²) >= 11 is 6.07. The molecule has 1 aromatic carbocycles. The van der Waals surface area contributed by atoms with E-state index in [-0.39, 0.29) is 46.2 Å². The lowest BCUT2D eigenvalue weighted by molar-refractivity contribution is -0.0494. The number of aromatic nitrogens is 5. The summed E-state index contributed by atoms with van der Waals surface area (Å²) in [6.45, 7) is -2.85. The van der Waals surface area contributed by atoms with Gasteiger partial charge in [0.15, 0.2) is 5.65 Å². The number of nitriles is 1. The molecule has 0 spiro atoms. The van der Waals surface area contributed by atoms with Gasteiger partial charge < -0.3 is 10.1 Å². The van der Waals surface area contributed by atoms with E-state index in [0.717, 1.165) is 0 Å². The Morgan fingerprint density at radius 2 is 2.22 bits per heavy atom. The Morgan fingerprint density at radius 1 is 1.38 bits per heavy atom. The minimum absolute atomic E-state index is 0.152. The smallest absolute Gasteiger partial charge is 0.387 e. The van der Waals surface area contributed by atoms with Gasteiger partial charge in [0, 0.05) is 29.2 Å². The molecule has 1 N–H and O–H groups in total. The number of fused-ring (bicyclic) bond motifs is 1. The van der Waals surface area contributed by atoms with Crippen LogP contribution < -0.4 is 10.1 Å². The predicted octanol–water partition coefficient (Wildman–Crippen LogP) is 4.01. The Balaban J connectivity index is 1.76. The summed E-state index contributed by atoms with van der Waals surface area (Å²) in [4.78, 5) is 17.1. The van der Waals surface area contributed by atoms with E-state index in [2.05, 4.69) is 25.2 Å². The second-order valence-electron chi connectivity index (χ2n) is 6.48. The lowest BCUT2D eigenvalue weighted by atomic mass is 10.1. The van der Waals surface area contributed by atoms with Crippen molar-refractivity contribution in [3.8, 4) is 23.1 Å². The maximum atomic E-state index is 13.0. The van der Waals surface area contributed by atoms with Crippen LogP contribution >= 0.6 is 11.6 Å². The van der Waals surface area contributed by atoms with Gasteiger partial charge in [-0.1, -0.05) is 11.6 Å². The Morgan fingerprint density at radius 3 is 3.00 bits per heavy atom. The van der Waals surface area contributed by atoms with Crippen molar-refractivity contribution in [2.24, 2.45) is 0 Å². The van der Waals surface area contributed by atoms with Gasteiger partial charge in [-0.3, -0.25) is 9.48 Å². The normalized spacial score (nSPS) is 11.0. The third-order valence-electron chi connectivity index (χ3n) is 4.40. The molecule has 0 saturated heterocycles. The zero-order valence-electron chi connectivity index (χ0n) is 16.2. The van der Waals surface area contributed by atoms with E-state index in [4.69, 9.17) is 16.9 Å². The molecular formula is C20H14ClF2N7O2. The summed E-state index contributed by atoms with van der Waals surface area (Å²) in [7, 11) is 0. The number of halogens is 3. The first-order valence-electron chi connectivity index (χ1n) is 9.25. The summed E-state index contributed by atoms with van der Waals surface area (Å²) < 4.78 is 33.3. The molecule has 3 heterocycles. The maximum Gasteiger partial charge on any atom is 0.387 e. The molecule has 162 valence electrons. The number of carbonyl (C=O) groups excluding carboxylic acids is 1. The molecule has 32 heavy (non-hydrogen) atoms. The number of anilines is 1. The van der Waals surface area contributed by atoms with Crippen molar-refractivity contribution in [2.75, 3.05) is 5.32 Å². The molecule has 12 heteroatoms. The number of aryl methyl sites for hydroxylation is 1. The molecule has 0 aliphatic carbocycles. The molecule has 0 saturated carbocycles. The second kappa shape index (κ2) is 8.99. The van der Waals surface area contributed by atoms with Gasteiger partial charge in [0.1, 0.15) is 17.0 Å². The summed E-state index contributed by atoms with van der Waals surface area (Å²) in [6, 6.07) is 7.77. The van der Waals surface area contributed by atoms with Crippen LogP contribution in [-0.2, 0) is 6.54 Å². The molecule has 0 fully saturated rings. The topological polar surface area (TPSA) is 110 Å². The van der Waals surface area contributed by atoms with E-state index in [0.29, 0.717) is 5.65 Å². The second-order valence-corrected chi connectivity index (χ2v) is 6.92. The monoisotopic (exact) mass is 457 g/mol. The number of carbonyl (C=O) groups is 1. The molecular weight excluding hydrogens is 444 g/mol. The summed E-state index contributed by atoms with van der Waals surface area (Å²) in [5, 5.41) is 20.3. The Bertz CT molecular complexity index is 1330. The van der Waals surface area contributed by atoms with Crippen molar-refractivity contribution in [3.63, 3.8) is 0 Å². The summed E-state index contributed by atoms with van der Waals surface area (Å²) in [5.74, 6) is -0.693. The van der Waals surface area contributed by atoms with Crippen molar-refractivity contribution in [2.45, 2.75) is 19.6 Å². The fourth-order valence-corrected chi connectivity index (χ4v) is 3.23. The highest BCUT2D eigenvalue weighted by atomic mass is 35.5. The van der Waals surface area contributed by atoms with Crippen molar-refractivity contribution in [1.29, 1.82) is 5.26 Å². The van der Waals surface area contributed by atoms with Crippen LogP contribution in [-0.4, -0.2) is 36.9 Å². The first kappa shape index (κ1) is 21.2. The van der Waals surface area contributed by atoms with Crippen molar-refractivity contribution < 1.29 is 18.3 Å². The number of nitrogens with zero attached hydrogens (tertiary/aromatic N) is 6. The quantitative estimate of drug-likeness (QED) is 0.449. The minimum Gasteiger partial charge on any atom is -0.434 e. The van der Waals surface area contributed by atoms with Crippen LogP contribution in [0.2, 0.25) is 5.02 Å². The molecule has 0 aliphatic rings. The molecule has 9 nitrogen and oxygen atoms in total. The molecule has 4 rings (SSSR count). The number of nitrogens with one attached hydrogen (secondary N) is 1. The Kier molecular flexibility index (Phi) is 5.96. The number of amides is 1. The van der Waals surface area contributed by atoms with Crippen molar-refractivity contribution in [1.82, 2.24) is 24.4 Å². The van der Waals surface area contributed by atoms with Crippen LogP contribution in [0, 0.1) is 11.3 Å². The number of ether oxygens (including phenoxy) is 1. The van der Waals surface area contributed by atoms with Crippen LogP contribution in [0.4, 0.5) is 14.5 Å². The van der Waals surface area contributed by atoms with Crippen molar-refractivity contribution >= 4 is 28.8 Å². The lowest BCUT2D eigenvalue weighted by Gasteiger charge is -2.11. The molecule has 0 radical (unpaired) electrons. The van der Waals surface area contributed by atoms with Gasteiger partial charge in [-0.2, -0.15) is 24.2 Å². The number of alkyl halides is 2. The lowest BCUT2D eigenvalue weighted by Crippen LogP contribution is -2.12. The average Bonchev–Trinajstić information content (AvgIpc) is 3.37. The minimum atomic E-state index is -3.07. The Hall–Kier alpha value is -4.04. The summed E-state index contributed by atoms with van der Waals surface area (Å²) in [5.41, 5.74) is 1.06. The van der Waals surface area contributed by atoms with E-state index in [1.807, 2.05) is 6.07 Å². The van der Waals surface area contributed by atoms with Gasteiger partial charge in [-0.05, 0) is 24.3 Å². The van der Waals surface area contributed by atoms with E-state index in [1.54, 1.807) is 12.3 Å². The van der Waals surface area contributed by atoms with Crippen molar-refractivity contribution in [3.05, 3.63) is 59.6 Å². The fraction of sp³-hybridized carbons (Fsp3) is 0.150. The van der Waals surface area contributed by atoms with Gasteiger partial charge in [0.2, 0.25) is 0 Å². The SMILES string of the molecule is N#CCCn1cc(NC(=O)c2cnn3cccnc23)c(-c2cc(Cl)ccc2OC(F)F)n1. The van der Waals surface area contributed by atoms with Crippen LogP contribution in [0.5, 0.6) is 5.75 Å². The molecule has 0 aliphatic heterocycles. The van der Waals surface area contributed by atoms with Gasteiger partial charge in [0.05, 0.1) is 30.9 Å². The zero-order valence-corrected chi connectivity index (χ0v) is 17.0. The molecule has 0 bridgehead atoms. The highest BCUT2D eigenvalue weighted by Crippen LogP contribution is 2.37. The average molecular weight is 458 g/mol. The van der Waals surface area contributed by atoms with Crippen LogP contribution in [0.25, 0.3) is 16.9 Å².